The first-order chi connectivity index (χ1) is 11.9. The molecule has 2 aromatic rings. The quantitative estimate of drug-likeness (QED) is 0.834. The fourth-order valence-corrected chi connectivity index (χ4v) is 2.46. The van der Waals surface area contributed by atoms with Crippen molar-refractivity contribution in [1.82, 2.24) is 5.32 Å². The van der Waals surface area contributed by atoms with Gasteiger partial charge in [-0.2, -0.15) is 0 Å². The average Bonchev–Trinajstić information content (AvgIpc) is 2.62. The molecule has 2 rings (SSSR count). The smallest absolute Gasteiger partial charge is 0.261 e. The second-order valence-corrected chi connectivity index (χ2v) is 5.91. The summed E-state index contributed by atoms with van der Waals surface area (Å²) in [6.45, 7) is 5.63. The van der Waals surface area contributed by atoms with Gasteiger partial charge in [-0.15, -0.1) is 0 Å². The van der Waals surface area contributed by atoms with E-state index in [2.05, 4.69) is 5.32 Å². The van der Waals surface area contributed by atoms with E-state index in [1.54, 1.807) is 21.1 Å². The van der Waals surface area contributed by atoms with Crippen molar-refractivity contribution in [3.63, 3.8) is 0 Å². The number of amides is 1. The van der Waals surface area contributed by atoms with Crippen LogP contribution in [-0.2, 0) is 4.79 Å². The lowest BCUT2D eigenvalue weighted by Crippen LogP contribution is -2.37. The van der Waals surface area contributed by atoms with E-state index in [0.717, 1.165) is 11.1 Å². The summed E-state index contributed by atoms with van der Waals surface area (Å²) in [4.78, 5) is 12.4. The van der Waals surface area contributed by atoms with Crippen LogP contribution in [0.25, 0.3) is 0 Å². The molecule has 1 N–H and O–H groups in total. The highest BCUT2D eigenvalue weighted by atomic mass is 16.5. The van der Waals surface area contributed by atoms with Crippen LogP contribution in [0.1, 0.15) is 31.0 Å². The van der Waals surface area contributed by atoms with E-state index in [1.165, 1.54) is 0 Å². The highest BCUT2D eigenvalue weighted by molar-refractivity contribution is 5.81. The molecule has 5 heteroatoms. The minimum absolute atomic E-state index is 0.196. The van der Waals surface area contributed by atoms with Crippen molar-refractivity contribution in [2.75, 3.05) is 14.2 Å². The summed E-state index contributed by atoms with van der Waals surface area (Å²) in [6.07, 6.45) is -0.609. The van der Waals surface area contributed by atoms with Gasteiger partial charge in [0.2, 0.25) is 0 Å². The van der Waals surface area contributed by atoms with Crippen molar-refractivity contribution in [1.29, 1.82) is 0 Å². The molecule has 0 heterocycles. The van der Waals surface area contributed by atoms with E-state index in [4.69, 9.17) is 14.2 Å². The molecule has 5 nitrogen and oxygen atoms in total. The van der Waals surface area contributed by atoms with Gasteiger partial charge >= 0.3 is 0 Å². The summed E-state index contributed by atoms with van der Waals surface area (Å²) in [5, 5.41) is 2.95. The molecule has 1 amide bonds. The molecule has 25 heavy (non-hydrogen) atoms. The molecule has 0 radical (unpaired) electrons. The molecular weight excluding hydrogens is 318 g/mol. The van der Waals surface area contributed by atoms with Gasteiger partial charge in [-0.25, -0.2) is 0 Å². The van der Waals surface area contributed by atoms with Gasteiger partial charge in [0.05, 0.1) is 20.3 Å². The zero-order valence-corrected chi connectivity index (χ0v) is 15.3. The SMILES string of the molecule is COc1ccc(OC)c([C@H](C)NC(=O)[C@H](C)Oc2ccc(C)cc2)c1. The summed E-state index contributed by atoms with van der Waals surface area (Å²) in [5.41, 5.74) is 1.99. The van der Waals surface area contributed by atoms with Crippen LogP contribution in [0.4, 0.5) is 0 Å². The van der Waals surface area contributed by atoms with E-state index in [0.29, 0.717) is 17.2 Å². The minimum Gasteiger partial charge on any atom is -0.497 e. The van der Waals surface area contributed by atoms with Gasteiger partial charge in [0.1, 0.15) is 17.2 Å². The average molecular weight is 343 g/mol. The first-order valence-corrected chi connectivity index (χ1v) is 8.20. The Morgan fingerprint density at radius 2 is 1.60 bits per heavy atom. The lowest BCUT2D eigenvalue weighted by molar-refractivity contribution is -0.127. The lowest BCUT2D eigenvalue weighted by atomic mass is 10.1. The zero-order valence-electron chi connectivity index (χ0n) is 15.3. The second kappa shape index (κ2) is 8.42. The number of rotatable bonds is 7. The molecule has 134 valence electrons. The van der Waals surface area contributed by atoms with E-state index in [9.17, 15) is 4.79 Å². The van der Waals surface area contributed by atoms with Gasteiger partial charge in [0.25, 0.3) is 5.91 Å². The maximum Gasteiger partial charge on any atom is 0.261 e. The standard InChI is InChI=1S/C20H25NO4/c1-13-6-8-16(9-7-13)25-15(3)20(22)21-14(2)18-12-17(23-4)10-11-19(18)24-5/h6-12,14-15H,1-5H3,(H,21,22)/t14-,15-/m0/s1. The molecule has 0 saturated carbocycles. The normalized spacial score (nSPS) is 12.8. The summed E-state index contributed by atoms with van der Waals surface area (Å²) in [7, 11) is 3.20. The molecule has 0 aliphatic rings. The van der Waals surface area contributed by atoms with Crippen LogP contribution in [0.5, 0.6) is 17.2 Å². The Morgan fingerprint density at radius 3 is 2.20 bits per heavy atom. The minimum atomic E-state index is -0.609. The third kappa shape index (κ3) is 4.89. The van der Waals surface area contributed by atoms with Gasteiger partial charge in [-0.05, 0) is 51.1 Å². The molecule has 0 aromatic heterocycles. The Balaban J connectivity index is 2.05. The number of hydrogen-bond acceptors (Lipinski definition) is 4. The van der Waals surface area contributed by atoms with Crippen LogP contribution in [-0.4, -0.2) is 26.2 Å². The Hall–Kier alpha value is -2.69. The summed E-state index contributed by atoms with van der Waals surface area (Å²) >= 11 is 0. The van der Waals surface area contributed by atoms with Crippen LogP contribution in [0.3, 0.4) is 0 Å². The molecule has 0 bridgehead atoms. The Labute approximate surface area is 148 Å². The zero-order chi connectivity index (χ0) is 18.4. The number of methoxy groups -OCH3 is 2. The number of aryl methyl sites for hydroxylation is 1. The molecule has 0 spiro atoms. The van der Waals surface area contributed by atoms with Gasteiger partial charge in [0.15, 0.2) is 6.10 Å². The highest BCUT2D eigenvalue weighted by Gasteiger charge is 2.20. The van der Waals surface area contributed by atoms with Gasteiger partial charge in [0, 0.05) is 5.56 Å². The number of hydrogen-bond donors (Lipinski definition) is 1. The maximum absolute atomic E-state index is 12.4. The largest absolute Gasteiger partial charge is 0.497 e. The first kappa shape index (κ1) is 18.6. The number of nitrogens with one attached hydrogen (secondary N) is 1. The van der Waals surface area contributed by atoms with E-state index >= 15 is 0 Å². The fourth-order valence-electron chi connectivity index (χ4n) is 2.46. The summed E-state index contributed by atoms with van der Waals surface area (Å²) in [5.74, 6) is 1.87. The van der Waals surface area contributed by atoms with E-state index < -0.39 is 6.10 Å². The summed E-state index contributed by atoms with van der Waals surface area (Å²) < 4.78 is 16.3. The number of ether oxygens (including phenoxy) is 3. The van der Waals surface area contributed by atoms with Crippen molar-refractivity contribution in [2.24, 2.45) is 0 Å². The summed E-state index contributed by atoms with van der Waals surface area (Å²) in [6, 6.07) is 12.9. The van der Waals surface area contributed by atoms with Crippen LogP contribution in [0.2, 0.25) is 0 Å². The van der Waals surface area contributed by atoms with Crippen LogP contribution in [0.15, 0.2) is 42.5 Å². The number of carbonyl (C=O) groups excluding carboxylic acids is 1. The first-order valence-electron chi connectivity index (χ1n) is 8.20. The Morgan fingerprint density at radius 1 is 0.960 bits per heavy atom. The fraction of sp³-hybridized carbons (Fsp3) is 0.350. The van der Waals surface area contributed by atoms with Crippen molar-refractivity contribution < 1.29 is 19.0 Å². The predicted octanol–water partition coefficient (Wildman–Crippen LogP) is 3.66. The molecule has 2 atom stereocenters. The molecular formula is C20H25NO4. The Bertz CT molecular complexity index is 712. The topological polar surface area (TPSA) is 56.8 Å². The maximum atomic E-state index is 12.4. The highest BCUT2D eigenvalue weighted by Crippen LogP contribution is 2.29. The third-order valence-corrected chi connectivity index (χ3v) is 3.97. The van der Waals surface area contributed by atoms with Gasteiger partial charge in [-0.3, -0.25) is 4.79 Å². The predicted molar refractivity (Wildman–Crippen MR) is 97.4 cm³/mol. The second-order valence-electron chi connectivity index (χ2n) is 5.91. The van der Waals surface area contributed by atoms with Crippen molar-refractivity contribution in [2.45, 2.75) is 32.9 Å². The molecule has 2 aromatic carbocycles. The molecule has 0 unspecified atom stereocenters. The monoisotopic (exact) mass is 343 g/mol. The van der Waals surface area contributed by atoms with Crippen molar-refractivity contribution >= 4 is 5.91 Å². The van der Waals surface area contributed by atoms with E-state index in [1.807, 2.05) is 56.3 Å². The van der Waals surface area contributed by atoms with Crippen LogP contribution < -0.4 is 19.5 Å². The molecule has 0 aliphatic carbocycles. The molecule has 0 saturated heterocycles. The van der Waals surface area contributed by atoms with Crippen molar-refractivity contribution in [3.8, 4) is 17.2 Å². The molecule has 0 fully saturated rings. The Kier molecular flexibility index (Phi) is 6.28. The lowest BCUT2D eigenvalue weighted by Gasteiger charge is -2.21. The number of benzene rings is 2. The van der Waals surface area contributed by atoms with Gasteiger partial charge < -0.3 is 19.5 Å². The number of carbonyl (C=O) groups is 1. The van der Waals surface area contributed by atoms with Crippen LogP contribution in [0, 0.1) is 6.92 Å². The van der Waals surface area contributed by atoms with Crippen LogP contribution >= 0.6 is 0 Å². The van der Waals surface area contributed by atoms with E-state index in [-0.39, 0.29) is 11.9 Å². The van der Waals surface area contributed by atoms with Crippen molar-refractivity contribution in [3.05, 3.63) is 53.6 Å². The van der Waals surface area contributed by atoms with Gasteiger partial charge in [-0.1, -0.05) is 17.7 Å². The molecule has 0 aliphatic heterocycles. The third-order valence-electron chi connectivity index (χ3n) is 3.97.